The molecule has 0 bridgehead atoms. The lowest BCUT2D eigenvalue weighted by molar-refractivity contribution is -0.870. The SMILES string of the molecule is CCCCC/C=C\C/C=C\C/C=C\C/C=C\CCCCCCCCCC(=O)OC(/C=C/CCCCCCCCCCC)C(COP(=O)([O-])OCC[N+](C)(C)C)NC(=O)CCCCC/C=C\C/C=C\C/C=C\C/C=C\CCCCC. The molecule has 3 atom stereocenters. The van der Waals surface area contributed by atoms with E-state index in [9.17, 15) is 19.0 Å². The number of carbonyl (C=O) groups is 2. The van der Waals surface area contributed by atoms with Gasteiger partial charge in [-0.05, 0) is 122 Å². The molecule has 3 unspecified atom stereocenters. The first-order valence-electron chi connectivity index (χ1n) is 32.2. The lowest BCUT2D eigenvalue weighted by Crippen LogP contribution is -2.47. The van der Waals surface area contributed by atoms with Crippen molar-refractivity contribution < 1.29 is 37.3 Å². The van der Waals surface area contributed by atoms with E-state index in [1.165, 1.54) is 116 Å². The summed E-state index contributed by atoms with van der Waals surface area (Å²) in [6.07, 6.45) is 79.1. The molecular formula is C69H121N2O7P. The molecule has 0 aliphatic heterocycles. The Hall–Kier alpha value is -3.33. The number of rotatable bonds is 57. The molecule has 0 aliphatic carbocycles. The smallest absolute Gasteiger partial charge is 0.306 e. The fourth-order valence-corrected chi connectivity index (χ4v) is 9.39. The van der Waals surface area contributed by atoms with E-state index in [0.717, 1.165) is 103 Å². The summed E-state index contributed by atoms with van der Waals surface area (Å²) in [7, 11) is 1.14. The Morgan fingerprint density at radius 2 is 0.772 bits per heavy atom. The number of phosphoric acid groups is 1. The van der Waals surface area contributed by atoms with Crippen molar-refractivity contribution in [1.29, 1.82) is 0 Å². The van der Waals surface area contributed by atoms with Crippen LogP contribution in [0.15, 0.2) is 109 Å². The quantitative estimate of drug-likeness (QED) is 0.0212. The van der Waals surface area contributed by atoms with Gasteiger partial charge in [0.05, 0.1) is 33.8 Å². The summed E-state index contributed by atoms with van der Waals surface area (Å²) in [5.41, 5.74) is 0. The zero-order valence-corrected chi connectivity index (χ0v) is 52.7. The van der Waals surface area contributed by atoms with E-state index in [4.69, 9.17) is 13.8 Å². The van der Waals surface area contributed by atoms with Crippen LogP contribution in [0.1, 0.15) is 265 Å². The Bertz CT molecular complexity index is 1720. The second kappa shape index (κ2) is 57.9. The van der Waals surface area contributed by atoms with Gasteiger partial charge in [0.2, 0.25) is 5.91 Å². The summed E-state index contributed by atoms with van der Waals surface area (Å²) in [5, 5.41) is 3.01. The Morgan fingerprint density at radius 3 is 1.19 bits per heavy atom. The molecule has 0 saturated heterocycles. The number of ether oxygens (including phenoxy) is 1. The van der Waals surface area contributed by atoms with Gasteiger partial charge in [-0.2, -0.15) is 0 Å². The first kappa shape index (κ1) is 75.7. The summed E-state index contributed by atoms with van der Waals surface area (Å²) in [6, 6.07) is -0.917. The van der Waals surface area contributed by atoms with E-state index in [-0.39, 0.29) is 31.3 Å². The molecule has 0 radical (unpaired) electrons. The first-order valence-corrected chi connectivity index (χ1v) is 33.7. The number of allylic oxidation sites excluding steroid dienone is 17. The number of nitrogens with zero attached hydrogens (tertiary/aromatic N) is 1. The predicted molar refractivity (Wildman–Crippen MR) is 339 cm³/mol. The van der Waals surface area contributed by atoms with Crippen LogP contribution in [0.5, 0.6) is 0 Å². The number of hydrogen-bond acceptors (Lipinski definition) is 7. The third kappa shape index (κ3) is 59.1. The standard InChI is InChI=1S/C69H121N2O7P/c1-7-10-13-16-19-22-25-27-29-31-33-34-35-36-38-40-42-44-47-50-53-56-59-62-69(73)78-67(60-57-54-51-48-45-24-21-18-15-12-9-3)66(65-77-79(74,75)76-64-63-71(4,5)6)70-68(72)61-58-55-52-49-46-43-41-39-37-32-30-28-26-23-20-17-14-11-8-2/h19-20,22-23,27-30,33-34,36-39,43,46,57,60,66-67H,7-18,21,24-26,31-32,35,40-42,44-45,47-56,58-59,61-65H2,1-6H3,(H-,70,72,74,75)/b22-19-,23-20-,29-27-,30-28-,34-33-,38-36-,39-37-,46-43-,60-57+. The molecule has 9 nitrogen and oxygen atoms in total. The third-order valence-electron chi connectivity index (χ3n) is 13.7. The normalized spacial score (nSPS) is 14.4. The topological polar surface area (TPSA) is 114 Å². The van der Waals surface area contributed by atoms with Crippen LogP contribution in [0, 0.1) is 0 Å². The molecule has 0 spiro atoms. The highest BCUT2D eigenvalue weighted by molar-refractivity contribution is 7.45. The van der Waals surface area contributed by atoms with Crippen LogP contribution < -0.4 is 10.2 Å². The van der Waals surface area contributed by atoms with Crippen molar-refractivity contribution in [3.8, 4) is 0 Å². The maximum Gasteiger partial charge on any atom is 0.306 e. The minimum atomic E-state index is -4.72. The number of likely N-dealkylation sites (N-methyl/N-ethyl adjacent to an activating group) is 1. The van der Waals surface area contributed by atoms with E-state index in [0.29, 0.717) is 23.9 Å². The van der Waals surface area contributed by atoms with Crippen molar-refractivity contribution in [1.82, 2.24) is 5.32 Å². The van der Waals surface area contributed by atoms with Crippen molar-refractivity contribution in [3.05, 3.63) is 109 Å². The van der Waals surface area contributed by atoms with Gasteiger partial charge in [-0.15, -0.1) is 0 Å². The predicted octanol–water partition coefficient (Wildman–Crippen LogP) is 19.5. The number of unbranched alkanes of at least 4 members (excludes halogenated alkanes) is 25. The number of quaternary nitrogens is 1. The molecule has 0 saturated carbocycles. The van der Waals surface area contributed by atoms with Crippen molar-refractivity contribution in [2.45, 2.75) is 277 Å². The highest BCUT2D eigenvalue weighted by Gasteiger charge is 2.27. The molecule has 10 heteroatoms. The van der Waals surface area contributed by atoms with Crippen LogP contribution in [0.25, 0.3) is 0 Å². The second-order valence-electron chi connectivity index (χ2n) is 22.6. The maximum absolute atomic E-state index is 13.5. The van der Waals surface area contributed by atoms with Crippen molar-refractivity contribution in [2.75, 3.05) is 40.9 Å². The fourth-order valence-electron chi connectivity index (χ4n) is 8.66. The monoisotopic (exact) mass is 1120 g/mol. The minimum absolute atomic E-state index is 0.0362. The van der Waals surface area contributed by atoms with Crippen LogP contribution in [0.4, 0.5) is 0 Å². The summed E-state index contributed by atoms with van der Waals surface area (Å²) < 4.78 is 30.3. The molecule has 0 fully saturated rings. The molecule has 454 valence electrons. The average molecular weight is 1120 g/mol. The molecule has 0 rings (SSSR count). The third-order valence-corrected chi connectivity index (χ3v) is 14.6. The van der Waals surface area contributed by atoms with Gasteiger partial charge in [0.25, 0.3) is 7.82 Å². The summed E-state index contributed by atoms with van der Waals surface area (Å²) in [4.78, 5) is 40.0. The Labute approximate surface area is 487 Å². The van der Waals surface area contributed by atoms with E-state index in [1.54, 1.807) is 0 Å². The molecule has 0 aromatic heterocycles. The van der Waals surface area contributed by atoms with E-state index in [2.05, 4.69) is 123 Å². The molecule has 0 aliphatic rings. The van der Waals surface area contributed by atoms with Crippen LogP contribution in [-0.4, -0.2) is 69.4 Å². The molecule has 0 aromatic rings. The molecule has 1 N–H and O–H groups in total. The number of nitrogens with one attached hydrogen (secondary N) is 1. The lowest BCUT2D eigenvalue weighted by Gasteiger charge is -2.30. The van der Waals surface area contributed by atoms with Gasteiger partial charge in [-0.1, -0.05) is 240 Å². The molecular weight excluding hydrogens is 1000 g/mol. The first-order chi connectivity index (χ1) is 38.4. The van der Waals surface area contributed by atoms with Crippen LogP contribution in [0.2, 0.25) is 0 Å². The number of esters is 1. The Morgan fingerprint density at radius 1 is 0.443 bits per heavy atom. The van der Waals surface area contributed by atoms with Gasteiger partial charge >= 0.3 is 5.97 Å². The average Bonchev–Trinajstić information content (AvgIpc) is 3.41. The Balaban J connectivity index is 5.26. The van der Waals surface area contributed by atoms with Crippen LogP contribution in [-0.2, 0) is 27.9 Å². The van der Waals surface area contributed by atoms with Crippen LogP contribution >= 0.6 is 7.82 Å². The van der Waals surface area contributed by atoms with Gasteiger partial charge in [-0.3, -0.25) is 14.2 Å². The van der Waals surface area contributed by atoms with Gasteiger partial charge < -0.3 is 28.5 Å². The number of carbonyl (C=O) groups excluding carboxylic acids is 2. The minimum Gasteiger partial charge on any atom is -0.756 e. The fraction of sp³-hybridized carbons (Fsp3) is 0.710. The van der Waals surface area contributed by atoms with Gasteiger partial charge in [-0.25, -0.2) is 0 Å². The van der Waals surface area contributed by atoms with Gasteiger partial charge in [0.1, 0.15) is 19.3 Å². The number of amides is 1. The second-order valence-corrected chi connectivity index (χ2v) is 24.0. The van der Waals surface area contributed by atoms with E-state index >= 15 is 0 Å². The van der Waals surface area contributed by atoms with Crippen molar-refractivity contribution >= 4 is 19.7 Å². The number of phosphoric ester groups is 1. The highest BCUT2D eigenvalue weighted by Crippen LogP contribution is 2.38. The molecule has 79 heavy (non-hydrogen) atoms. The Kier molecular flexibility index (Phi) is 55.4. The van der Waals surface area contributed by atoms with Crippen molar-refractivity contribution in [2.24, 2.45) is 0 Å². The van der Waals surface area contributed by atoms with E-state index in [1.807, 2.05) is 33.3 Å². The summed E-state index contributed by atoms with van der Waals surface area (Å²) in [5.74, 6) is -0.595. The molecule has 0 aromatic carbocycles. The number of hydrogen-bond donors (Lipinski definition) is 1. The largest absolute Gasteiger partial charge is 0.756 e. The van der Waals surface area contributed by atoms with E-state index < -0.39 is 26.6 Å². The van der Waals surface area contributed by atoms with Crippen molar-refractivity contribution in [3.63, 3.8) is 0 Å². The zero-order valence-electron chi connectivity index (χ0n) is 51.8. The van der Waals surface area contributed by atoms with Crippen LogP contribution in [0.3, 0.4) is 0 Å². The summed E-state index contributed by atoms with van der Waals surface area (Å²) in [6.45, 7) is 6.74. The maximum atomic E-state index is 13.5. The molecule has 1 amide bonds. The zero-order chi connectivity index (χ0) is 57.9. The van der Waals surface area contributed by atoms with Gasteiger partial charge in [0.15, 0.2) is 0 Å². The summed E-state index contributed by atoms with van der Waals surface area (Å²) >= 11 is 0. The molecule has 0 heterocycles. The highest BCUT2D eigenvalue weighted by atomic mass is 31.2. The lowest BCUT2D eigenvalue weighted by atomic mass is 10.1. The van der Waals surface area contributed by atoms with Gasteiger partial charge in [0, 0.05) is 12.8 Å².